The van der Waals surface area contributed by atoms with Gasteiger partial charge in [-0.1, -0.05) is 0 Å². The monoisotopic (exact) mass is 379 g/mol. The molecule has 1 aromatic rings. The topological polar surface area (TPSA) is 89.1 Å². The molecule has 0 aromatic heterocycles. The minimum absolute atomic E-state index is 0.0755. The lowest BCUT2D eigenvalue weighted by molar-refractivity contribution is -0.121. The van der Waals surface area contributed by atoms with Crippen LogP contribution in [0.2, 0.25) is 0 Å². The third kappa shape index (κ3) is 5.18. The fourth-order valence-electron chi connectivity index (χ4n) is 3.08. The Kier molecular flexibility index (Phi) is 7.15. The van der Waals surface area contributed by atoms with Crippen molar-refractivity contribution in [2.75, 3.05) is 39.7 Å². The summed E-state index contributed by atoms with van der Waals surface area (Å²) in [5.74, 6) is 1.21. The van der Waals surface area contributed by atoms with Crippen LogP contribution in [0, 0.1) is 5.92 Å². The summed E-state index contributed by atoms with van der Waals surface area (Å²) in [6.45, 7) is 4.97. The predicted octanol–water partition coefficient (Wildman–Crippen LogP) is 2.48. The minimum atomic E-state index is -0.146. The van der Waals surface area contributed by atoms with E-state index in [1.54, 1.807) is 17.0 Å². The fraction of sp³-hybridized carbons (Fsp3) is 0.579. The number of rotatable bonds is 6. The second-order valence-corrected chi connectivity index (χ2v) is 6.77. The molecule has 1 aromatic carbocycles. The quantitative estimate of drug-likeness (QED) is 0.793. The van der Waals surface area contributed by atoms with Crippen LogP contribution in [0.5, 0.6) is 17.2 Å². The summed E-state index contributed by atoms with van der Waals surface area (Å²) in [5.41, 5.74) is 0.578. The van der Waals surface area contributed by atoms with Gasteiger partial charge in [0, 0.05) is 42.9 Å². The summed E-state index contributed by atoms with van der Waals surface area (Å²) in [6.07, 6.45) is 1.25. The Labute approximate surface area is 160 Å². The number of piperidine rings is 1. The summed E-state index contributed by atoms with van der Waals surface area (Å²) < 4.78 is 15.9. The molecule has 1 aliphatic heterocycles. The largest absolute Gasteiger partial charge is 0.493 e. The lowest BCUT2D eigenvalue weighted by Gasteiger charge is -2.32. The normalized spacial score (nSPS) is 14.7. The zero-order chi connectivity index (χ0) is 20.0. The molecule has 0 saturated carbocycles. The molecule has 150 valence electrons. The van der Waals surface area contributed by atoms with Gasteiger partial charge < -0.3 is 29.7 Å². The number of urea groups is 1. The lowest BCUT2D eigenvalue weighted by atomic mass is 9.96. The summed E-state index contributed by atoms with van der Waals surface area (Å²) in [4.78, 5) is 26.4. The standard InChI is InChI=1S/C19H29N3O5/c1-12(2)20-19(24)22-8-6-13(7-9-22)18(23)21-14-10-15(25-3)17(27-5)16(11-14)26-4/h10-13H,6-9H2,1-5H3,(H,20,24)(H,21,23). The second-order valence-electron chi connectivity index (χ2n) is 6.77. The Morgan fingerprint density at radius 1 is 1.04 bits per heavy atom. The first-order valence-corrected chi connectivity index (χ1v) is 9.05. The third-order valence-electron chi connectivity index (χ3n) is 4.50. The number of amides is 3. The number of hydrogen-bond donors (Lipinski definition) is 2. The Bertz CT molecular complexity index is 644. The summed E-state index contributed by atoms with van der Waals surface area (Å²) in [6, 6.07) is 3.42. The molecule has 1 fully saturated rings. The number of ether oxygens (including phenoxy) is 3. The first-order chi connectivity index (χ1) is 12.9. The number of nitrogens with one attached hydrogen (secondary N) is 2. The van der Waals surface area contributed by atoms with E-state index >= 15 is 0 Å². The molecular weight excluding hydrogens is 350 g/mol. The van der Waals surface area contributed by atoms with E-state index in [0.717, 1.165) is 0 Å². The van der Waals surface area contributed by atoms with Crippen LogP contribution >= 0.6 is 0 Å². The van der Waals surface area contributed by atoms with E-state index in [1.807, 2.05) is 13.8 Å². The van der Waals surface area contributed by atoms with Crippen molar-refractivity contribution in [1.29, 1.82) is 0 Å². The molecule has 0 radical (unpaired) electrons. The number of benzene rings is 1. The van der Waals surface area contributed by atoms with E-state index in [2.05, 4.69) is 10.6 Å². The number of nitrogens with zero attached hydrogens (tertiary/aromatic N) is 1. The number of hydrogen-bond acceptors (Lipinski definition) is 5. The fourth-order valence-corrected chi connectivity index (χ4v) is 3.08. The molecule has 0 atom stereocenters. The van der Waals surface area contributed by atoms with E-state index in [0.29, 0.717) is 48.9 Å². The molecular formula is C19H29N3O5. The van der Waals surface area contributed by atoms with Crippen molar-refractivity contribution in [2.45, 2.75) is 32.7 Å². The number of carbonyl (C=O) groups excluding carboxylic acids is 2. The molecule has 8 nitrogen and oxygen atoms in total. The number of carbonyl (C=O) groups is 2. The van der Waals surface area contributed by atoms with Gasteiger partial charge in [-0.2, -0.15) is 0 Å². The highest BCUT2D eigenvalue weighted by Crippen LogP contribution is 2.40. The molecule has 0 spiro atoms. The SMILES string of the molecule is COc1cc(NC(=O)C2CCN(C(=O)NC(C)C)CC2)cc(OC)c1OC. The molecule has 2 rings (SSSR count). The highest BCUT2D eigenvalue weighted by molar-refractivity contribution is 5.93. The number of likely N-dealkylation sites (tertiary alicyclic amines) is 1. The van der Waals surface area contributed by atoms with Gasteiger partial charge in [-0.25, -0.2) is 4.79 Å². The van der Waals surface area contributed by atoms with E-state index in [4.69, 9.17) is 14.2 Å². The van der Waals surface area contributed by atoms with Gasteiger partial charge in [0.2, 0.25) is 11.7 Å². The Morgan fingerprint density at radius 2 is 1.59 bits per heavy atom. The Morgan fingerprint density at radius 3 is 2.04 bits per heavy atom. The van der Waals surface area contributed by atoms with Crippen LogP contribution in [0.15, 0.2) is 12.1 Å². The van der Waals surface area contributed by atoms with Crippen LogP contribution < -0.4 is 24.8 Å². The van der Waals surface area contributed by atoms with E-state index in [9.17, 15) is 9.59 Å². The molecule has 0 aliphatic carbocycles. The summed E-state index contributed by atoms with van der Waals surface area (Å²) in [5, 5.41) is 5.79. The summed E-state index contributed by atoms with van der Waals surface area (Å²) in [7, 11) is 4.59. The van der Waals surface area contributed by atoms with Crippen molar-refractivity contribution in [3.8, 4) is 17.2 Å². The molecule has 0 unspecified atom stereocenters. The smallest absolute Gasteiger partial charge is 0.317 e. The van der Waals surface area contributed by atoms with Gasteiger partial charge >= 0.3 is 6.03 Å². The van der Waals surface area contributed by atoms with Gasteiger partial charge in [0.25, 0.3) is 0 Å². The molecule has 1 aliphatic rings. The van der Waals surface area contributed by atoms with Crippen molar-refractivity contribution >= 4 is 17.6 Å². The molecule has 1 saturated heterocycles. The van der Waals surface area contributed by atoms with Crippen LogP contribution in [-0.2, 0) is 4.79 Å². The van der Waals surface area contributed by atoms with Gasteiger partial charge in [-0.05, 0) is 26.7 Å². The average Bonchev–Trinajstić information content (AvgIpc) is 2.66. The Balaban J connectivity index is 1.99. The highest BCUT2D eigenvalue weighted by Gasteiger charge is 2.28. The molecule has 8 heteroatoms. The van der Waals surface area contributed by atoms with Crippen molar-refractivity contribution in [3.63, 3.8) is 0 Å². The van der Waals surface area contributed by atoms with Crippen LogP contribution in [0.4, 0.5) is 10.5 Å². The second kappa shape index (κ2) is 9.34. The maximum Gasteiger partial charge on any atom is 0.317 e. The molecule has 2 N–H and O–H groups in total. The predicted molar refractivity (Wildman–Crippen MR) is 103 cm³/mol. The van der Waals surface area contributed by atoms with Crippen LogP contribution in [0.25, 0.3) is 0 Å². The third-order valence-corrected chi connectivity index (χ3v) is 4.50. The first kappa shape index (κ1) is 20.7. The van der Waals surface area contributed by atoms with Gasteiger partial charge in [0.1, 0.15) is 0 Å². The van der Waals surface area contributed by atoms with Gasteiger partial charge in [-0.15, -0.1) is 0 Å². The van der Waals surface area contributed by atoms with Gasteiger partial charge in [-0.3, -0.25) is 4.79 Å². The zero-order valence-corrected chi connectivity index (χ0v) is 16.6. The first-order valence-electron chi connectivity index (χ1n) is 9.05. The number of anilines is 1. The van der Waals surface area contributed by atoms with Crippen molar-refractivity contribution < 1.29 is 23.8 Å². The average molecular weight is 379 g/mol. The summed E-state index contributed by atoms with van der Waals surface area (Å²) >= 11 is 0. The van der Waals surface area contributed by atoms with E-state index in [-0.39, 0.29) is 23.9 Å². The number of methoxy groups -OCH3 is 3. The van der Waals surface area contributed by atoms with Gasteiger partial charge in [0.05, 0.1) is 21.3 Å². The maximum atomic E-state index is 12.6. The van der Waals surface area contributed by atoms with Crippen molar-refractivity contribution in [3.05, 3.63) is 12.1 Å². The highest BCUT2D eigenvalue weighted by atomic mass is 16.5. The van der Waals surface area contributed by atoms with E-state index in [1.165, 1.54) is 21.3 Å². The van der Waals surface area contributed by atoms with Crippen LogP contribution in [0.3, 0.4) is 0 Å². The zero-order valence-electron chi connectivity index (χ0n) is 16.6. The maximum absolute atomic E-state index is 12.6. The molecule has 1 heterocycles. The molecule has 3 amide bonds. The molecule has 27 heavy (non-hydrogen) atoms. The van der Waals surface area contributed by atoms with Crippen LogP contribution in [-0.4, -0.2) is 57.3 Å². The molecule has 0 bridgehead atoms. The van der Waals surface area contributed by atoms with Gasteiger partial charge in [0.15, 0.2) is 11.5 Å². The van der Waals surface area contributed by atoms with Crippen LogP contribution in [0.1, 0.15) is 26.7 Å². The lowest BCUT2D eigenvalue weighted by Crippen LogP contribution is -2.47. The Hall–Kier alpha value is -2.64. The van der Waals surface area contributed by atoms with Crippen molar-refractivity contribution in [2.24, 2.45) is 5.92 Å². The van der Waals surface area contributed by atoms with Crippen molar-refractivity contribution in [1.82, 2.24) is 10.2 Å². The minimum Gasteiger partial charge on any atom is -0.493 e. The van der Waals surface area contributed by atoms with E-state index < -0.39 is 0 Å².